The molecule has 2 heterocycles. The van der Waals surface area contributed by atoms with Gasteiger partial charge >= 0.3 is 6.16 Å². The van der Waals surface area contributed by atoms with Gasteiger partial charge in [-0.05, 0) is 49.1 Å². The van der Waals surface area contributed by atoms with Gasteiger partial charge in [-0.1, -0.05) is 6.42 Å². The zero-order chi connectivity index (χ0) is 23.1. The van der Waals surface area contributed by atoms with Crippen molar-refractivity contribution in [3.63, 3.8) is 0 Å². The van der Waals surface area contributed by atoms with Crippen molar-refractivity contribution < 1.29 is 29.6 Å². The first-order chi connectivity index (χ1) is 15.4. The number of hydrogen-bond donors (Lipinski definition) is 4. The molecule has 164 valence electrons. The number of carboxylic acid groups (broad SMARTS) is 2. The fourth-order valence-electron chi connectivity index (χ4n) is 3.15. The van der Waals surface area contributed by atoms with Crippen LogP contribution in [0.3, 0.4) is 0 Å². The van der Waals surface area contributed by atoms with Gasteiger partial charge in [0.05, 0.1) is 6.20 Å². The number of benzene rings is 1. The summed E-state index contributed by atoms with van der Waals surface area (Å²) >= 11 is 0. The molecule has 0 saturated heterocycles. The smallest absolute Gasteiger partial charge is 0.503 e. The highest BCUT2D eigenvalue weighted by atomic mass is 16.6. The van der Waals surface area contributed by atoms with E-state index < -0.39 is 12.1 Å². The van der Waals surface area contributed by atoms with Crippen LogP contribution in [0.1, 0.15) is 35.4 Å². The number of nitrogens with one attached hydrogen (secondary N) is 1. The molecule has 0 bridgehead atoms. The molecule has 0 atom stereocenters. The van der Waals surface area contributed by atoms with Gasteiger partial charge in [-0.2, -0.15) is 5.26 Å². The van der Waals surface area contributed by atoms with Crippen LogP contribution in [0.4, 0.5) is 4.79 Å². The summed E-state index contributed by atoms with van der Waals surface area (Å²) in [7, 11) is 0. The second-order valence-electron chi connectivity index (χ2n) is 7.06. The summed E-state index contributed by atoms with van der Waals surface area (Å²) in [5.41, 5.74) is -0.0810. The number of aromatic nitrogens is 2. The number of carbonyl (C=O) groups is 2. The largest absolute Gasteiger partial charge is 0.505 e. The highest BCUT2D eigenvalue weighted by Gasteiger charge is 2.22. The number of ether oxygens (including phenoxy) is 1. The van der Waals surface area contributed by atoms with Crippen molar-refractivity contribution in [1.29, 1.82) is 5.26 Å². The van der Waals surface area contributed by atoms with Crippen LogP contribution in [-0.2, 0) is 0 Å². The lowest BCUT2D eigenvalue weighted by Gasteiger charge is -2.25. The number of pyridine rings is 2. The molecule has 2 aromatic heterocycles. The van der Waals surface area contributed by atoms with E-state index in [1.807, 2.05) is 6.07 Å². The van der Waals surface area contributed by atoms with Crippen LogP contribution in [0.25, 0.3) is 10.8 Å². The van der Waals surface area contributed by atoms with Crippen molar-refractivity contribution in [2.24, 2.45) is 5.92 Å². The maximum Gasteiger partial charge on any atom is 0.503 e. The normalized spacial score (nSPS) is 12.6. The number of hydrogen-bond acceptors (Lipinski definition) is 7. The first-order valence-corrected chi connectivity index (χ1v) is 9.73. The molecular weight excluding hydrogens is 416 g/mol. The molecule has 32 heavy (non-hydrogen) atoms. The summed E-state index contributed by atoms with van der Waals surface area (Å²) < 4.78 is 5.73. The fraction of sp³-hybridized carbons (Fsp3) is 0.227. The Balaban J connectivity index is 0.000000668. The summed E-state index contributed by atoms with van der Waals surface area (Å²) in [5, 5.41) is 37.6. The van der Waals surface area contributed by atoms with Crippen LogP contribution in [0, 0.1) is 17.2 Å². The van der Waals surface area contributed by atoms with Gasteiger partial charge in [0.25, 0.3) is 5.91 Å². The van der Waals surface area contributed by atoms with Gasteiger partial charge in [0.1, 0.15) is 23.3 Å². The second-order valence-corrected chi connectivity index (χ2v) is 7.06. The molecule has 0 aliphatic heterocycles. The third kappa shape index (κ3) is 5.40. The predicted molar refractivity (Wildman–Crippen MR) is 113 cm³/mol. The Kier molecular flexibility index (Phi) is 7.02. The van der Waals surface area contributed by atoms with Crippen molar-refractivity contribution in [3.05, 3.63) is 54.1 Å². The van der Waals surface area contributed by atoms with Crippen LogP contribution >= 0.6 is 0 Å². The van der Waals surface area contributed by atoms with Gasteiger partial charge < -0.3 is 25.4 Å². The van der Waals surface area contributed by atoms with E-state index in [9.17, 15) is 15.2 Å². The maximum absolute atomic E-state index is 12.5. The molecule has 10 nitrogen and oxygen atoms in total. The first-order valence-electron chi connectivity index (χ1n) is 9.73. The summed E-state index contributed by atoms with van der Waals surface area (Å²) in [6.07, 6.45) is 4.75. The summed E-state index contributed by atoms with van der Waals surface area (Å²) in [5.74, 6) is 0.783. The lowest BCUT2D eigenvalue weighted by Crippen LogP contribution is -2.32. The molecule has 4 rings (SSSR count). The molecule has 1 amide bonds. The Morgan fingerprint density at radius 1 is 1.19 bits per heavy atom. The van der Waals surface area contributed by atoms with E-state index in [0.29, 0.717) is 34.7 Å². The zero-order valence-corrected chi connectivity index (χ0v) is 16.9. The molecule has 0 radical (unpaired) electrons. The van der Waals surface area contributed by atoms with Crippen LogP contribution in [0.15, 0.2) is 42.7 Å². The molecule has 1 saturated carbocycles. The van der Waals surface area contributed by atoms with Crippen LogP contribution < -0.4 is 10.1 Å². The monoisotopic (exact) mass is 436 g/mol. The van der Waals surface area contributed by atoms with Crippen LogP contribution in [0.2, 0.25) is 0 Å². The Bertz CT molecular complexity index is 1170. The average molecular weight is 436 g/mol. The summed E-state index contributed by atoms with van der Waals surface area (Å²) in [4.78, 5) is 29.1. The molecule has 1 aliphatic carbocycles. The van der Waals surface area contributed by atoms with E-state index in [2.05, 4.69) is 15.3 Å². The van der Waals surface area contributed by atoms with E-state index in [4.69, 9.17) is 19.7 Å². The Morgan fingerprint density at radius 3 is 2.53 bits per heavy atom. The number of nitriles is 1. The number of fused-ring (bicyclic) bond motifs is 1. The van der Waals surface area contributed by atoms with E-state index in [1.165, 1.54) is 6.42 Å². The van der Waals surface area contributed by atoms with Gasteiger partial charge in [0.15, 0.2) is 11.4 Å². The average Bonchev–Trinajstić information content (AvgIpc) is 2.73. The second kappa shape index (κ2) is 10.1. The minimum atomic E-state index is -1.83. The van der Waals surface area contributed by atoms with Crippen molar-refractivity contribution in [2.45, 2.75) is 19.3 Å². The number of aromatic hydroxyl groups is 1. The third-order valence-electron chi connectivity index (χ3n) is 4.92. The van der Waals surface area contributed by atoms with Gasteiger partial charge in [0, 0.05) is 23.5 Å². The summed E-state index contributed by atoms with van der Waals surface area (Å²) in [6.45, 7) is 0.553. The van der Waals surface area contributed by atoms with Crippen molar-refractivity contribution in [1.82, 2.24) is 15.3 Å². The first kappa shape index (κ1) is 22.3. The topological polar surface area (TPSA) is 166 Å². The number of nitrogens with zero attached hydrogens (tertiary/aromatic N) is 3. The standard InChI is InChI=1S/C21H18N4O3.CH2O3/c22-10-18-17-9-14(28-15-5-2-8-23-12-15)6-7-16(17)20(26)19(25-18)21(27)24-11-13-3-1-4-13;2-1(3)4/h2,5-9,12-13,26H,1,3-4,11H2,(H,24,27);(H2,2,3,4). The lowest BCUT2D eigenvalue weighted by atomic mass is 9.85. The molecular formula is C22H20N4O6. The van der Waals surface area contributed by atoms with Gasteiger partial charge in [-0.3, -0.25) is 9.78 Å². The Labute approximate surface area is 182 Å². The molecule has 10 heteroatoms. The van der Waals surface area contributed by atoms with E-state index in [-0.39, 0.29) is 17.1 Å². The van der Waals surface area contributed by atoms with Crippen molar-refractivity contribution >= 4 is 22.8 Å². The third-order valence-corrected chi connectivity index (χ3v) is 4.92. The Morgan fingerprint density at radius 2 is 1.94 bits per heavy atom. The predicted octanol–water partition coefficient (Wildman–Crippen LogP) is 3.75. The number of rotatable bonds is 5. The maximum atomic E-state index is 12.5. The SMILES string of the molecule is N#Cc1nc(C(=O)NCC2CCC2)c(O)c2ccc(Oc3cccnc3)cc12.O=C(O)O. The highest BCUT2D eigenvalue weighted by molar-refractivity contribution is 6.03. The van der Waals surface area contributed by atoms with E-state index in [1.54, 1.807) is 42.7 Å². The minimum Gasteiger partial charge on any atom is -0.505 e. The quantitative estimate of drug-likeness (QED) is 0.466. The van der Waals surface area contributed by atoms with Gasteiger partial charge in [-0.25, -0.2) is 9.78 Å². The van der Waals surface area contributed by atoms with Crippen molar-refractivity contribution in [2.75, 3.05) is 6.54 Å². The Hall–Kier alpha value is -4.39. The molecule has 4 N–H and O–H groups in total. The van der Waals surface area contributed by atoms with E-state index in [0.717, 1.165) is 12.8 Å². The molecule has 1 fully saturated rings. The zero-order valence-electron chi connectivity index (χ0n) is 16.9. The molecule has 1 aromatic carbocycles. The number of amides is 1. The summed E-state index contributed by atoms with van der Waals surface area (Å²) in [6, 6.07) is 10.4. The minimum absolute atomic E-state index is 0.0539. The molecule has 0 unspecified atom stereocenters. The van der Waals surface area contributed by atoms with Gasteiger partial charge in [0.2, 0.25) is 0 Å². The fourth-order valence-corrected chi connectivity index (χ4v) is 3.15. The van der Waals surface area contributed by atoms with Crippen LogP contribution in [0.5, 0.6) is 17.2 Å². The molecule has 3 aromatic rings. The van der Waals surface area contributed by atoms with Crippen molar-refractivity contribution in [3.8, 4) is 23.3 Å². The highest BCUT2D eigenvalue weighted by Crippen LogP contribution is 2.33. The lowest BCUT2D eigenvalue weighted by molar-refractivity contribution is 0.0931. The molecule has 1 aliphatic rings. The van der Waals surface area contributed by atoms with Gasteiger partial charge in [-0.15, -0.1) is 0 Å². The van der Waals surface area contributed by atoms with E-state index >= 15 is 0 Å². The molecule has 0 spiro atoms. The van der Waals surface area contributed by atoms with Crippen LogP contribution in [-0.4, -0.2) is 43.9 Å². The number of carbonyl (C=O) groups excluding carboxylic acids is 1.